The predicted octanol–water partition coefficient (Wildman–Crippen LogP) is 4.90. The van der Waals surface area contributed by atoms with Gasteiger partial charge in [-0.25, -0.2) is 13.0 Å². The van der Waals surface area contributed by atoms with E-state index in [2.05, 4.69) is 11.8 Å². The Kier molecular flexibility index (Phi) is 5.79. The highest BCUT2D eigenvalue weighted by Crippen LogP contribution is 2.33. The first-order valence-corrected chi connectivity index (χ1v) is 10.6. The van der Waals surface area contributed by atoms with Gasteiger partial charge in [-0.05, 0) is 47.5 Å². The van der Waals surface area contributed by atoms with E-state index in [1.807, 2.05) is 30.3 Å². The fourth-order valence-corrected chi connectivity index (χ4v) is 4.37. The fraction of sp³-hybridized carbons (Fsp3) is 0.0800. The lowest BCUT2D eigenvalue weighted by Crippen LogP contribution is -2.31. The van der Waals surface area contributed by atoms with Gasteiger partial charge in [0.25, 0.3) is 0 Å². The van der Waals surface area contributed by atoms with E-state index >= 15 is 0 Å². The molecular weight excluding hydrogens is 416 g/mol. The largest absolute Gasteiger partial charge is 0.290 e. The first-order chi connectivity index (χ1) is 14.9. The highest BCUT2D eigenvalue weighted by Gasteiger charge is 2.32. The van der Waals surface area contributed by atoms with Crippen LogP contribution in [0.25, 0.3) is 6.08 Å². The fourth-order valence-electron chi connectivity index (χ4n) is 3.23. The van der Waals surface area contributed by atoms with E-state index in [0.717, 1.165) is 17.7 Å². The zero-order valence-electron chi connectivity index (χ0n) is 16.6. The van der Waals surface area contributed by atoms with Gasteiger partial charge in [0.1, 0.15) is 4.91 Å². The maximum absolute atomic E-state index is 13.5. The van der Waals surface area contributed by atoms with Crippen molar-refractivity contribution in [3.8, 4) is 11.8 Å². The first kappa shape index (κ1) is 20.7. The Morgan fingerprint density at radius 2 is 1.77 bits per heavy atom. The number of carbonyl (C=O) groups is 1. The summed E-state index contributed by atoms with van der Waals surface area (Å²) in [6.45, 7) is 0. The van der Waals surface area contributed by atoms with Crippen LogP contribution in [-0.2, 0) is 17.4 Å². The minimum Gasteiger partial charge on any atom is -0.290 e. The van der Waals surface area contributed by atoms with Crippen molar-refractivity contribution in [2.75, 3.05) is 11.4 Å². The van der Waals surface area contributed by atoms with Gasteiger partial charge in [-0.2, -0.15) is 0 Å². The van der Waals surface area contributed by atoms with Crippen LogP contribution in [0.1, 0.15) is 27.0 Å². The van der Waals surface area contributed by atoms with Gasteiger partial charge in [-0.3, -0.25) is 9.10 Å². The molecule has 3 aromatic carbocycles. The minimum absolute atomic E-state index is 0.00426. The molecule has 3 nitrogen and oxygen atoms in total. The second kappa shape index (κ2) is 8.66. The number of hydrogen-bond donors (Lipinski definition) is 0. The van der Waals surface area contributed by atoms with Crippen LogP contribution in [0.5, 0.6) is 0 Å². The van der Waals surface area contributed by atoms with Crippen molar-refractivity contribution in [2.45, 2.75) is 6.42 Å². The van der Waals surface area contributed by atoms with Crippen molar-refractivity contribution in [1.29, 1.82) is 0 Å². The number of anilines is 1. The van der Waals surface area contributed by atoms with Crippen LogP contribution in [0.15, 0.2) is 71.6 Å². The summed E-state index contributed by atoms with van der Waals surface area (Å²) in [5.74, 6) is 3.71. The molecule has 3 aromatic rings. The number of fused-ring (bicyclic) bond motifs is 1. The molecule has 0 bridgehead atoms. The van der Waals surface area contributed by atoms with Gasteiger partial charge in [0.15, 0.2) is 22.6 Å². The molecule has 1 heterocycles. The van der Waals surface area contributed by atoms with E-state index in [9.17, 15) is 17.8 Å². The van der Waals surface area contributed by atoms with Crippen molar-refractivity contribution in [1.82, 2.24) is 0 Å². The summed E-state index contributed by atoms with van der Waals surface area (Å²) in [5.41, 5.74) is 2.90. The van der Waals surface area contributed by atoms with Crippen LogP contribution >= 0.6 is 0 Å². The smallest absolute Gasteiger partial charge is 0.205 e. The third kappa shape index (κ3) is 4.32. The number of ketones is 1. The van der Waals surface area contributed by atoms with Gasteiger partial charge < -0.3 is 0 Å². The van der Waals surface area contributed by atoms with E-state index in [0.29, 0.717) is 23.2 Å². The second-order valence-electron chi connectivity index (χ2n) is 6.95. The standard InChI is InChI=1S/C25H17F2NO2S/c1-28-23-13-11-18(9-5-8-17-6-3-2-4-7-17)14-20(23)25(29)24(31(28)30)16-19-10-12-21(26)22(27)15-19/h2-4,6-7,10-16H,8H2,1H3/b24-16+. The van der Waals surface area contributed by atoms with Gasteiger partial charge in [-0.15, -0.1) is 0 Å². The monoisotopic (exact) mass is 433 g/mol. The molecule has 4 rings (SSSR count). The zero-order valence-corrected chi connectivity index (χ0v) is 17.4. The van der Waals surface area contributed by atoms with Crippen LogP contribution in [0.4, 0.5) is 14.5 Å². The van der Waals surface area contributed by atoms with Gasteiger partial charge >= 0.3 is 0 Å². The van der Waals surface area contributed by atoms with E-state index in [1.165, 1.54) is 16.4 Å². The lowest BCUT2D eigenvalue weighted by Gasteiger charge is -2.27. The summed E-state index contributed by atoms with van der Waals surface area (Å²) in [6.07, 6.45) is 1.91. The Balaban J connectivity index is 1.67. The minimum atomic E-state index is -1.77. The number of nitrogens with zero attached hydrogens (tertiary/aromatic N) is 1. The van der Waals surface area contributed by atoms with Crippen LogP contribution in [-0.4, -0.2) is 17.0 Å². The molecule has 0 amide bonds. The molecule has 0 aromatic heterocycles. The van der Waals surface area contributed by atoms with Crippen molar-refractivity contribution >= 4 is 28.5 Å². The topological polar surface area (TPSA) is 37.4 Å². The number of carbonyl (C=O) groups excluding carboxylic acids is 1. The highest BCUT2D eigenvalue weighted by atomic mass is 32.2. The van der Waals surface area contributed by atoms with Crippen molar-refractivity contribution in [2.24, 2.45) is 0 Å². The summed E-state index contributed by atoms with van der Waals surface area (Å²) in [6, 6.07) is 18.3. The number of Topliss-reactive ketones (excluding diaryl/α,β-unsaturated/α-hetero) is 1. The van der Waals surface area contributed by atoms with Gasteiger partial charge in [0, 0.05) is 24.6 Å². The Bertz CT molecular complexity index is 1290. The van der Waals surface area contributed by atoms with Crippen LogP contribution < -0.4 is 4.31 Å². The molecule has 0 radical (unpaired) electrons. The van der Waals surface area contributed by atoms with Crippen LogP contribution in [0.3, 0.4) is 0 Å². The molecule has 31 heavy (non-hydrogen) atoms. The molecule has 1 aliphatic rings. The molecular formula is C25H17F2NO2S. The van der Waals surface area contributed by atoms with Crippen LogP contribution in [0, 0.1) is 23.5 Å². The molecule has 154 valence electrons. The Hall–Kier alpha value is -3.56. The molecule has 0 aliphatic carbocycles. The van der Waals surface area contributed by atoms with Gasteiger partial charge in [0.2, 0.25) is 5.78 Å². The molecule has 1 unspecified atom stereocenters. The number of halogens is 2. The zero-order chi connectivity index (χ0) is 22.0. The molecule has 1 atom stereocenters. The normalized spacial score (nSPS) is 16.6. The third-order valence-electron chi connectivity index (χ3n) is 4.85. The first-order valence-electron chi connectivity index (χ1n) is 9.48. The average molecular weight is 433 g/mol. The summed E-state index contributed by atoms with van der Waals surface area (Å²) in [5, 5.41) is 0. The van der Waals surface area contributed by atoms with Crippen molar-refractivity contribution < 1.29 is 17.8 Å². The van der Waals surface area contributed by atoms with Crippen molar-refractivity contribution in [3.63, 3.8) is 0 Å². The summed E-state index contributed by atoms with van der Waals surface area (Å²) in [4.78, 5) is 13.1. The van der Waals surface area contributed by atoms with E-state index < -0.39 is 28.4 Å². The SMILES string of the molecule is CN1c2ccc(C#CCc3ccccc3)cc2C(=O)/C(=C\c2ccc(F)c(F)c2)S1=O. The summed E-state index contributed by atoms with van der Waals surface area (Å²) < 4.78 is 41.0. The molecule has 1 aliphatic heterocycles. The molecule has 0 fully saturated rings. The second-order valence-corrected chi connectivity index (χ2v) is 8.44. The van der Waals surface area contributed by atoms with Crippen molar-refractivity contribution in [3.05, 3.63) is 106 Å². The Morgan fingerprint density at radius 1 is 1.00 bits per heavy atom. The molecule has 0 N–H and O–H groups in total. The number of hydrogen-bond acceptors (Lipinski definition) is 2. The maximum atomic E-state index is 13.5. The molecule has 6 heteroatoms. The number of rotatable bonds is 2. The lowest BCUT2D eigenvalue weighted by molar-refractivity contribution is 0.104. The van der Waals surface area contributed by atoms with Crippen LogP contribution in [0.2, 0.25) is 0 Å². The highest BCUT2D eigenvalue weighted by molar-refractivity contribution is 7.91. The lowest BCUT2D eigenvalue weighted by atomic mass is 10.0. The van der Waals surface area contributed by atoms with Gasteiger partial charge in [0.05, 0.1) is 5.69 Å². The Morgan fingerprint density at radius 3 is 2.52 bits per heavy atom. The predicted molar refractivity (Wildman–Crippen MR) is 119 cm³/mol. The Labute approximate surface area is 181 Å². The third-order valence-corrected chi connectivity index (χ3v) is 6.22. The maximum Gasteiger partial charge on any atom is 0.205 e. The van der Waals surface area contributed by atoms with Gasteiger partial charge in [-0.1, -0.05) is 48.2 Å². The van der Waals surface area contributed by atoms with E-state index in [1.54, 1.807) is 25.2 Å². The number of benzene rings is 3. The quantitative estimate of drug-likeness (QED) is 0.426. The molecule has 0 spiro atoms. The number of allylic oxidation sites excluding steroid dienone is 1. The summed E-state index contributed by atoms with van der Waals surface area (Å²) in [7, 11) is -0.159. The molecule has 0 saturated heterocycles. The average Bonchev–Trinajstić information content (AvgIpc) is 2.78. The summed E-state index contributed by atoms with van der Waals surface area (Å²) >= 11 is 0. The van der Waals surface area contributed by atoms with E-state index in [-0.39, 0.29) is 10.5 Å². The van der Waals surface area contributed by atoms with E-state index in [4.69, 9.17) is 0 Å². The molecule has 0 saturated carbocycles.